The van der Waals surface area contributed by atoms with Crippen LogP contribution in [0.25, 0.3) is 0 Å². The molecule has 1 heterocycles. The summed E-state index contributed by atoms with van der Waals surface area (Å²) in [5, 5.41) is 2.78. The minimum Gasteiger partial charge on any atom is -0.484 e. The zero-order valence-electron chi connectivity index (χ0n) is 18.2. The molecule has 0 fully saturated rings. The van der Waals surface area contributed by atoms with Crippen molar-refractivity contribution in [1.29, 1.82) is 0 Å². The molecule has 0 radical (unpaired) electrons. The minimum absolute atomic E-state index is 0.168. The Morgan fingerprint density at radius 2 is 1.76 bits per heavy atom. The molecule has 1 aliphatic heterocycles. The quantitative estimate of drug-likeness (QED) is 0.563. The summed E-state index contributed by atoms with van der Waals surface area (Å²) in [5.41, 5.74) is 2.52. The van der Waals surface area contributed by atoms with E-state index in [1.165, 1.54) is 28.6 Å². The van der Waals surface area contributed by atoms with Crippen LogP contribution >= 0.6 is 0 Å². The van der Waals surface area contributed by atoms with Crippen molar-refractivity contribution in [3.8, 4) is 5.75 Å². The van der Waals surface area contributed by atoms with Gasteiger partial charge < -0.3 is 10.1 Å². The monoisotopic (exact) mass is 468 g/mol. The SMILES string of the molecule is CC(NC(=O)COc1ccc(S(=O)(=O)N2CCCc3ccccc32)cc1)c1ccc(F)cc1. The zero-order chi connectivity index (χ0) is 23.4. The van der Waals surface area contributed by atoms with Gasteiger partial charge in [-0.3, -0.25) is 9.10 Å². The number of sulfonamides is 1. The molecule has 0 saturated carbocycles. The Bertz CT molecular complexity index is 1230. The maximum absolute atomic E-state index is 13.2. The number of carbonyl (C=O) groups is 1. The fourth-order valence-electron chi connectivity index (χ4n) is 3.85. The van der Waals surface area contributed by atoms with Crippen LogP contribution < -0.4 is 14.4 Å². The van der Waals surface area contributed by atoms with Crippen LogP contribution in [0.15, 0.2) is 77.7 Å². The first-order valence-electron chi connectivity index (χ1n) is 10.7. The van der Waals surface area contributed by atoms with E-state index in [2.05, 4.69) is 5.32 Å². The Kier molecular flexibility index (Phi) is 6.65. The van der Waals surface area contributed by atoms with Gasteiger partial charge in [0.15, 0.2) is 6.61 Å². The van der Waals surface area contributed by atoms with Gasteiger partial charge in [0.1, 0.15) is 11.6 Å². The van der Waals surface area contributed by atoms with Crippen LogP contribution in [0.4, 0.5) is 10.1 Å². The van der Waals surface area contributed by atoms with E-state index in [4.69, 9.17) is 4.74 Å². The number of carbonyl (C=O) groups excluding carboxylic acids is 1. The molecule has 1 aliphatic rings. The Morgan fingerprint density at radius 1 is 1.06 bits per heavy atom. The summed E-state index contributed by atoms with van der Waals surface area (Å²) < 4.78 is 46.4. The molecule has 0 aromatic heterocycles. The van der Waals surface area contributed by atoms with E-state index in [0.717, 1.165) is 29.7 Å². The van der Waals surface area contributed by atoms with Crippen LogP contribution in [0.2, 0.25) is 0 Å². The lowest BCUT2D eigenvalue weighted by molar-refractivity contribution is -0.123. The number of anilines is 1. The van der Waals surface area contributed by atoms with E-state index in [-0.39, 0.29) is 29.3 Å². The number of hydrogen-bond acceptors (Lipinski definition) is 4. The first-order valence-corrected chi connectivity index (χ1v) is 12.2. The van der Waals surface area contributed by atoms with Crippen LogP contribution in [0.5, 0.6) is 5.75 Å². The third-order valence-corrected chi connectivity index (χ3v) is 7.42. The number of aryl methyl sites for hydroxylation is 1. The summed E-state index contributed by atoms with van der Waals surface area (Å²) >= 11 is 0. The van der Waals surface area contributed by atoms with Crippen LogP contribution in [-0.4, -0.2) is 27.5 Å². The van der Waals surface area contributed by atoms with E-state index < -0.39 is 10.0 Å². The predicted molar refractivity (Wildman–Crippen MR) is 124 cm³/mol. The van der Waals surface area contributed by atoms with Crippen molar-refractivity contribution in [2.24, 2.45) is 0 Å². The molecule has 0 spiro atoms. The summed E-state index contributed by atoms with van der Waals surface area (Å²) in [4.78, 5) is 12.4. The van der Waals surface area contributed by atoms with Gasteiger partial charge in [0, 0.05) is 6.54 Å². The normalized spacial score (nSPS) is 14.3. The van der Waals surface area contributed by atoms with Crippen molar-refractivity contribution in [3.05, 3.63) is 89.7 Å². The third kappa shape index (κ3) is 5.17. The van der Waals surface area contributed by atoms with Gasteiger partial charge in [0.2, 0.25) is 0 Å². The van der Waals surface area contributed by atoms with E-state index in [1.54, 1.807) is 31.2 Å². The topological polar surface area (TPSA) is 75.7 Å². The molecule has 4 rings (SSSR count). The molecule has 3 aromatic carbocycles. The second kappa shape index (κ2) is 9.62. The first kappa shape index (κ1) is 22.8. The summed E-state index contributed by atoms with van der Waals surface area (Å²) in [6.45, 7) is 2.00. The summed E-state index contributed by atoms with van der Waals surface area (Å²) in [6.07, 6.45) is 1.62. The Labute approximate surface area is 193 Å². The number of nitrogens with zero attached hydrogens (tertiary/aromatic N) is 1. The van der Waals surface area contributed by atoms with E-state index in [1.807, 2.05) is 24.3 Å². The average molecular weight is 469 g/mol. The number of para-hydroxylation sites is 1. The maximum Gasteiger partial charge on any atom is 0.264 e. The van der Waals surface area contributed by atoms with Gasteiger partial charge in [-0.25, -0.2) is 12.8 Å². The maximum atomic E-state index is 13.2. The van der Waals surface area contributed by atoms with Gasteiger partial charge in [-0.2, -0.15) is 0 Å². The van der Waals surface area contributed by atoms with Crippen LogP contribution in [0.3, 0.4) is 0 Å². The molecule has 0 bridgehead atoms. The molecular weight excluding hydrogens is 443 g/mol. The highest BCUT2D eigenvalue weighted by Crippen LogP contribution is 2.32. The van der Waals surface area contributed by atoms with E-state index in [0.29, 0.717) is 12.3 Å². The minimum atomic E-state index is -3.70. The number of ether oxygens (including phenoxy) is 1. The molecule has 6 nitrogen and oxygen atoms in total. The van der Waals surface area contributed by atoms with Crippen LogP contribution in [0.1, 0.15) is 30.5 Å². The molecule has 1 N–H and O–H groups in total. The van der Waals surface area contributed by atoms with Crippen molar-refractivity contribution in [3.63, 3.8) is 0 Å². The second-order valence-electron chi connectivity index (χ2n) is 7.91. The van der Waals surface area contributed by atoms with Crippen molar-refractivity contribution in [1.82, 2.24) is 5.32 Å². The van der Waals surface area contributed by atoms with Crippen molar-refractivity contribution < 1.29 is 22.3 Å². The summed E-state index contributed by atoms with van der Waals surface area (Å²) in [5.74, 6) is -0.290. The summed E-state index contributed by atoms with van der Waals surface area (Å²) in [7, 11) is -3.70. The molecule has 1 unspecified atom stereocenters. The van der Waals surface area contributed by atoms with Gasteiger partial charge in [-0.15, -0.1) is 0 Å². The highest BCUT2D eigenvalue weighted by atomic mass is 32.2. The van der Waals surface area contributed by atoms with Crippen LogP contribution in [0, 0.1) is 5.82 Å². The molecule has 172 valence electrons. The average Bonchev–Trinajstić information content (AvgIpc) is 2.83. The number of hydrogen-bond donors (Lipinski definition) is 1. The number of amides is 1. The number of benzene rings is 3. The smallest absolute Gasteiger partial charge is 0.264 e. The lowest BCUT2D eigenvalue weighted by Gasteiger charge is -2.30. The van der Waals surface area contributed by atoms with Crippen LogP contribution in [-0.2, 0) is 21.2 Å². The highest BCUT2D eigenvalue weighted by Gasteiger charge is 2.28. The molecule has 33 heavy (non-hydrogen) atoms. The number of nitrogens with one attached hydrogen (secondary N) is 1. The number of rotatable bonds is 7. The third-order valence-electron chi connectivity index (χ3n) is 5.60. The van der Waals surface area contributed by atoms with E-state index >= 15 is 0 Å². The lowest BCUT2D eigenvalue weighted by Crippen LogP contribution is -2.35. The largest absolute Gasteiger partial charge is 0.484 e. The van der Waals surface area contributed by atoms with Gasteiger partial charge in [-0.1, -0.05) is 30.3 Å². The van der Waals surface area contributed by atoms with Gasteiger partial charge in [0.25, 0.3) is 15.9 Å². The van der Waals surface area contributed by atoms with Crippen molar-refractivity contribution >= 4 is 21.6 Å². The number of halogens is 1. The summed E-state index contributed by atoms with van der Waals surface area (Å²) in [6, 6.07) is 19.2. The second-order valence-corrected chi connectivity index (χ2v) is 9.77. The molecule has 1 atom stereocenters. The Hall–Kier alpha value is -3.39. The predicted octanol–water partition coefficient (Wildman–Crippen LogP) is 4.22. The van der Waals surface area contributed by atoms with Crippen molar-refractivity contribution in [2.75, 3.05) is 17.5 Å². The van der Waals surface area contributed by atoms with Gasteiger partial charge in [0.05, 0.1) is 16.6 Å². The van der Waals surface area contributed by atoms with Crippen molar-refractivity contribution in [2.45, 2.75) is 30.7 Å². The fraction of sp³-hybridized carbons (Fsp3) is 0.240. The standard InChI is InChI=1S/C25H25FN2O4S/c1-18(19-8-10-21(26)11-9-19)27-25(29)17-32-22-12-14-23(15-13-22)33(30,31)28-16-4-6-20-5-2-3-7-24(20)28/h2-3,5,7-15,18H,4,6,16-17H2,1H3,(H,27,29). The Morgan fingerprint density at radius 3 is 2.48 bits per heavy atom. The Balaban J connectivity index is 1.37. The van der Waals surface area contributed by atoms with Gasteiger partial charge >= 0.3 is 0 Å². The molecule has 1 amide bonds. The molecule has 0 aliphatic carbocycles. The number of fused-ring (bicyclic) bond motifs is 1. The first-order chi connectivity index (χ1) is 15.8. The molecular formula is C25H25FN2O4S. The van der Waals surface area contributed by atoms with Gasteiger partial charge in [-0.05, 0) is 73.4 Å². The van der Waals surface area contributed by atoms with E-state index in [9.17, 15) is 17.6 Å². The fourth-order valence-corrected chi connectivity index (χ4v) is 5.39. The molecule has 3 aromatic rings. The lowest BCUT2D eigenvalue weighted by atomic mass is 10.0. The molecule has 0 saturated heterocycles. The zero-order valence-corrected chi connectivity index (χ0v) is 19.0. The molecule has 8 heteroatoms. The highest BCUT2D eigenvalue weighted by molar-refractivity contribution is 7.92.